The Morgan fingerprint density at radius 1 is 1.17 bits per heavy atom. The van der Waals surface area contributed by atoms with Crippen LogP contribution >= 0.6 is 0 Å². The number of aromatic nitrogens is 2. The summed E-state index contributed by atoms with van der Waals surface area (Å²) < 4.78 is 17.3. The molecule has 0 bridgehead atoms. The third-order valence-electron chi connectivity index (χ3n) is 5.11. The van der Waals surface area contributed by atoms with Gasteiger partial charge in [0.15, 0.2) is 11.5 Å². The van der Waals surface area contributed by atoms with Gasteiger partial charge in [-0.2, -0.15) is 0 Å². The highest BCUT2D eigenvalue weighted by Gasteiger charge is 2.17. The smallest absolute Gasteiger partial charge is 0.162 e. The van der Waals surface area contributed by atoms with Gasteiger partial charge in [-0.25, -0.2) is 9.97 Å². The lowest BCUT2D eigenvalue weighted by atomic mass is 10.1. The number of nitrogens with one attached hydrogen (secondary N) is 2. The Labute approximate surface area is 176 Å². The first kappa shape index (κ1) is 20.4. The van der Waals surface area contributed by atoms with Crippen molar-refractivity contribution in [3.8, 4) is 11.5 Å². The molecule has 1 unspecified atom stereocenters. The Balaban J connectivity index is 1.58. The molecule has 7 heteroatoms. The standard InChI is InChI=1S/C23H28N4O3/c1-3-4-16-5-7-17(8-6-16)27-23-19-11-22(30-14-18-13-24-9-10-29-18)21(28-2)12-20(19)25-15-26-23/h5-8,11-12,15,18,24H,3-4,9-10,13-14H2,1-2H3,(H,25,26,27). The number of hydrogen-bond acceptors (Lipinski definition) is 7. The molecule has 0 saturated carbocycles. The summed E-state index contributed by atoms with van der Waals surface area (Å²) in [5.41, 5.74) is 3.10. The fourth-order valence-electron chi connectivity index (χ4n) is 3.53. The first-order valence-corrected chi connectivity index (χ1v) is 10.4. The van der Waals surface area contributed by atoms with Crippen LogP contribution in [0.1, 0.15) is 18.9 Å². The molecule has 2 aromatic carbocycles. The monoisotopic (exact) mass is 408 g/mol. The third kappa shape index (κ3) is 4.80. The van der Waals surface area contributed by atoms with Crippen LogP contribution in [0, 0.1) is 0 Å². The van der Waals surface area contributed by atoms with Crippen LogP contribution < -0.4 is 20.1 Å². The maximum absolute atomic E-state index is 6.05. The number of aryl methyl sites for hydroxylation is 1. The number of ether oxygens (including phenoxy) is 3. The van der Waals surface area contributed by atoms with Crippen molar-refractivity contribution in [3.05, 3.63) is 48.3 Å². The Bertz CT molecular complexity index is 972. The predicted molar refractivity (Wildman–Crippen MR) is 118 cm³/mol. The van der Waals surface area contributed by atoms with Gasteiger partial charge in [-0.05, 0) is 30.2 Å². The highest BCUT2D eigenvalue weighted by molar-refractivity contribution is 5.93. The number of benzene rings is 2. The number of rotatable bonds is 8. The topological polar surface area (TPSA) is 77.5 Å². The van der Waals surface area contributed by atoms with Crippen molar-refractivity contribution in [2.75, 3.05) is 38.7 Å². The summed E-state index contributed by atoms with van der Waals surface area (Å²) in [4.78, 5) is 8.85. The highest BCUT2D eigenvalue weighted by Crippen LogP contribution is 2.35. The van der Waals surface area contributed by atoms with Gasteiger partial charge in [-0.3, -0.25) is 0 Å². The molecule has 1 fully saturated rings. The molecular formula is C23H28N4O3. The van der Waals surface area contributed by atoms with Gasteiger partial charge in [0.2, 0.25) is 0 Å². The zero-order valence-electron chi connectivity index (χ0n) is 17.5. The van der Waals surface area contributed by atoms with Crippen molar-refractivity contribution in [1.29, 1.82) is 0 Å². The van der Waals surface area contributed by atoms with Gasteiger partial charge in [0.05, 0.1) is 19.2 Å². The van der Waals surface area contributed by atoms with Crippen LogP contribution in [0.2, 0.25) is 0 Å². The second-order valence-electron chi connectivity index (χ2n) is 7.32. The fourth-order valence-corrected chi connectivity index (χ4v) is 3.53. The summed E-state index contributed by atoms with van der Waals surface area (Å²) in [6.45, 7) is 4.98. The summed E-state index contributed by atoms with van der Waals surface area (Å²) in [6.07, 6.45) is 3.79. The van der Waals surface area contributed by atoms with E-state index in [2.05, 4.69) is 51.8 Å². The number of nitrogens with zero attached hydrogens (tertiary/aromatic N) is 2. The minimum Gasteiger partial charge on any atom is -0.493 e. The van der Waals surface area contributed by atoms with E-state index in [0.29, 0.717) is 24.7 Å². The quantitative estimate of drug-likeness (QED) is 0.588. The van der Waals surface area contributed by atoms with Crippen molar-refractivity contribution >= 4 is 22.4 Å². The molecule has 4 rings (SSSR count). The van der Waals surface area contributed by atoms with Crippen molar-refractivity contribution in [1.82, 2.24) is 15.3 Å². The Kier molecular flexibility index (Phi) is 6.61. The molecule has 1 atom stereocenters. The zero-order valence-corrected chi connectivity index (χ0v) is 17.5. The van der Waals surface area contributed by atoms with Gasteiger partial charge in [0.1, 0.15) is 24.9 Å². The molecule has 158 valence electrons. The van der Waals surface area contributed by atoms with Gasteiger partial charge in [0.25, 0.3) is 0 Å². The van der Waals surface area contributed by atoms with Gasteiger partial charge in [-0.1, -0.05) is 25.5 Å². The molecule has 7 nitrogen and oxygen atoms in total. The predicted octanol–water partition coefficient (Wildman–Crippen LogP) is 3.70. The van der Waals surface area contributed by atoms with E-state index < -0.39 is 0 Å². The van der Waals surface area contributed by atoms with Crippen LogP contribution in [0.5, 0.6) is 11.5 Å². The van der Waals surface area contributed by atoms with Gasteiger partial charge in [-0.15, -0.1) is 0 Å². The molecule has 0 amide bonds. The first-order chi connectivity index (χ1) is 14.8. The lowest BCUT2D eigenvalue weighted by molar-refractivity contribution is -0.000232. The molecule has 30 heavy (non-hydrogen) atoms. The second kappa shape index (κ2) is 9.73. The maximum Gasteiger partial charge on any atom is 0.162 e. The molecule has 2 N–H and O–H groups in total. The van der Waals surface area contributed by atoms with E-state index >= 15 is 0 Å². The normalized spacial score (nSPS) is 16.4. The van der Waals surface area contributed by atoms with Crippen LogP contribution in [0.3, 0.4) is 0 Å². The largest absolute Gasteiger partial charge is 0.493 e. The summed E-state index contributed by atoms with van der Waals surface area (Å²) in [6, 6.07) is 12.2. The van der Waals surface area contributed by atoms with Gasteiger partial charge < -0.3 is 24.8 Å². The van der Waals surface area contributed by atoms with Crippen molar-refractivity contribution in [2.24, 2.45) is 0 Å². The molecule has 2 heterocycles. The third-order valence-corrected chi connectivity index (χ3v) is 5.11. The van der Waals surface area contributed by atoms with E-state index in [9.17, 15) is 0 Å². The van der Waals surface area contributed by atoms with E-state index in [1.54, 1.807) is 13.4 Å². The number of methoxy groups -OCH3 is 1. The van der Waals surface area contributed by atoms with Crippen LogP contribution in [-0.2, 0) is 11.2 Å². The lowest BCUT2D eigenvalue weighted by Crippen LogP contribution is -2.41. The Morgan fingerprint density at radius 3 is 2.77 bits per heavy atom. The SMILES string of the molecule is CCCc1ccc(Nc2ncnc3cc(OC)c(OCC4CNCCO4)cc23)cc1. The van der Waals surface area contributed by atoms with Crippen LogP contribution in [-0.4, -0.2) is 49.5 Å². The molecular weight excluding hydrogens is 380 g/mol. The van der Waals surface area contributed by atoms with Crippen LogP contribution in [0.4, 0.5) is 11.5 Å². The average Bonchev–Trinajstić information content (AvgIpc) is 2.79. The van der Waals surface area contributed by atoms with E-state index in [1.807, 2.05) is 12.1 Å². The molecule has 1 aliphatic heterocycles. The molecule has 1 aromatic heterocycles. The average molecular weight is 409 g/mol. The van der Waals surface area contributed by atoms with Gasteiger partial charge >= 0.3 is 0 Å². The Morgan fingerprint density at radius 2 is 2.03 bits per heavy atom. The van der Waals surface area contributed by atoms with Crippen molar-refractivity contribution in [3.63, 3.8) is 0 Å². The molecule has 0 aliphatic carbocycles. The molecule has 1 saturated heterocycles. The molecule has 0 spiro atoms. The zero-order chi connectivity index (χ0) is 20.8. The molecule has 0 radical (unpaired) electrons. The minimum atomic E-state index is 0.0189. The molecule has 3 aromatic rings. The fraction of sp³-hybridized carbons (Fsp3) is 0.391. The number of anilines is 2. The summed E-state index contributed by atoms with van der Waals surface area (Å²) in [5, 5.41) is 7.58. The summed E-state index contributed by atoms with van der Waals surface area (Å²) in [5.74, 6) is 2.02. The highest BCUT2D eigenvalue weighted by atomic mass is 16.5. The number of fused-ring (bicyclic) bond motifs is 1. The minimum absolute atomic E-state index is 0.0189. The van der Waals surface area contributed by atoms with E-state index in [1.165, 1.54) is 5.56 Å². The number of hydrogen-bond donors (Lipinski definition) is 2. The van der Waals surface area contributed by atoms with E-state index in [4.69, 9.17) is 14.2 Å². The maximum atomic E-state index is 6.05. The summed E-state index contributed by atoms with van der Waals surface area (Å²) >= 11 is 0. The Hall–Kier alpha value is -2.90. The lowest BCUT2D eigenvalue weighted by Gasteiger charge is -2.24. The van der Waals surface area contributed by atoms with E-state index in [0.717, 1.165) is 48.3 Å². The van der Waals surface area contributed by atoms with Crippen LogP contribution in [0.25, 0.3) is 10.9 Å². The first-order valence-electron chi connectivity index (χ1n) is 10.4. The number of morpholine rings is 1. The van der Waals surface area contributed by atoms with Crippen molar-refractivity contribution in [2.45, 2.75) is 25.9 Å². The van der Waals surface area contributed by atoms with Crippen molar-refractivity contribution < 1.29 is 14.2 Å². The van der Waals surface area contributed by atoms with Crippen LogP contribution in [0.15, 0.2) is 42.7 Å². The second-order valence-corrected chi connectivity index (χ2v) is 7.32. The molecule has 1 aliphatic rings. The van der Waals surface area contributed by atoms with Gasteiger partial charge in [0, 0.05) is 30.2 Å². The summed E-state index contributed by atoms with van der Waals surface area (Å²) in [7, 11) is 1.63. The van der Waals surface area contributed by atoms with E-state index in [-0.39, 0.29) is 6.10 Å².